The van der Waals surface area contributed by atoms with E-state index in [2.05, 4.69) is 36.8 Å². The van der Waals surface area contributed by atoms with Crippen LogP contribution in [0.5, 0.6) is 0 Å². The average Bonchev–Trinajstić information content (AvgIpc) is 2.34. The average molecular weight is 277 g/mol. The van der Waals surface area contributed by atoms with Crippen molar-refractivity contribution in [2.75, 3.05) is 0 Å². The molecule has 0 saturated heterocycles. The van der Waals surface area contributed by atoms with Gasteiger partial charge in [0, 0.05) is 4.47 Å². The minimum Gasteiger partial charge on any atom is -0.442 e. The van der Waals surface area contributed by atoms with Gasteiger partial charge in [-0.2, -0.15) is 0 Å². The summed E-state index contributed by atoms with van der Waals surface area (Å²) in [6, 6.07) is 3.83. The Morgan fingerprint density at radius 3 is 2.91 bits per heavy atom. The Bertz CT molecular complexity index is 396. The SMILES string of the molecule is Brc1cc(Br)c2ocnc2c1. The van der Waals surface area contributed by atoms with Gasteiger partial charge in [0.1, 0.15) is 5.52 Å². The number of aromatic nitrogens is 1. The molecule has 0 atom stereocenters. The van der Waals surface area contributed by atoms with Crippen molar-refractivity contribution in [1.82, 2.24) is 4.98 Å². The van der Waals surface area contributed by atoms with E-state index in [0.29, 0.717) is 0 Å². The molecule has 56 valence electrons. The van der Waals surface area contributed by atoms with Gasteiger partial charge in [-0.25, -0.2) is 4.98 Å². The third-order valence-electron chi connectivity index (χ3n) is 1.35. The van der Waals surface area contributed by atoms with Crippen LogP contribution in [0.3, 0.4) is 0 Å². The van der Waals surface area contributed by atoms with E-state index in [9.17, 15) is 0 Å². The molecule has 11 heavy (non-hydrogen) atoms. The minimum absolute atomic E-state index is 0.785. The van der Waals surface area contributed by atoms with E-state index in [1.807, 2.05) is 12.1 Å². The van der Waals surface area contributed by atoms with Crippen molar-refractivity contribution in [1.29, 1.82) is 0 Å². The predicted molar refractivity (Wildman–Crippen MR) is 49.4 cm³/mol. The molecule has 0 bridgehead atoms. The number of hydrogen-bond donors (Lipinski definition) is 0. The van der Waals surface area contributed by atoms with Gasteiger partial charge in [0.15, 0.2) is 12.0 Å². The lowest BCUT2D eigenvalue weighted by atomic mass is 10.3. The van der Waals surface area contributed by atoms with Gasteiger partial charge < -0.3 is 4.42 Å². The molecule has 0 amide bonds. The Kier molecular flexibility index (Phi) is 1.73. The molecule has 0 aliphatic heterocycles. The zero-order chi connectivity index (χ0) is 7.84. The van der Waals surface area contributed by atoms with Crippen LogP contribution in [0.15, 0.2) is 31.9 Å². The molecule has 2 rings (SSSR count). The third-order valence-corrected chi connectivity index (χ3v) is 2.40. The van der Waals surface area contributed by atoms with E-state index >= 15 is 0 Å². The molecular weight excluding hydrogens is 274 g/mol. The molecule has 0 spiro atoms. The molecule has 0 fully saturated rings. The fourth-order valence-corrected chi connectivity index (χ4v) is 2.19. The Morgan fingerprint density at radius 1 is 1.27 bits per heavy atom. The second kappa shape index (κ2) is 2.60. The Hall–Kier alpha value is -0.350. The smallest absolute Gasteiger partial charge is 0.182 e. The summed E-state index contributed by atoms with van der Waals surface area (Å²) < 4.78 is 7.03. The first-order chi connectivity index (χ1) is 5.27. The molecule has 0 radical (unpaired) electrons. The summed E-state index contributed by atoms with van der Waals surface area (Å²) in [5.74, 6) is 0. The molecule has 2 nitrogen and oxygen atoms in total. The molecule has 4 heteroatoms. The van der Waals surface area contributed by atoms with Crippen molar-refractivity contribution in [3.63, 3.8) is 0 Å². The minimum atomic E-state index is 0.785. The van der Waals surface area contributed by atoms with Crippen LogP contribution in [0.1, 0.15) is 0 Å². The highest BCUT2D eigenvalue weighted by molar-refractivity contribution is 9.11. The number of benzene rings is 1. The van der Waals surface area contributed by atoms with Crippen molar-refractivity contribution in [2.24, 2.45) is 0 Å². The van der Waals surface area contributed by atoms with E-state index in [-0.39, 0.29) is 0 Å². The van der Waals surface area contributed by atoms with Crippen LogP contribution in [-0.4, -0.2) is 4.98 Å². The molecule has 1 aromatic heterocycles. The Balaban J connectivity index is 2.91. The van der Waals surface area contributed by atoms with Crippen LogP contribution < -0.4 is 0 Å². The van der Waals surface area contributed by atoms with Gasteiger partial charge in [-0.15, -0.1) is 0 Å². The van der Waals surface area contributed by atoms with E-state index in [0.717, 1.165) is 20.0 Å². The van der Waals surface area contributed by atoms with Gasteiger partial charge in [0.05, 0.1) is 4.47 Å². The van der Waals surface area contributed by atoms with E-state index < -0.39 is 0 Å². The summed E-state index contributed by atoms with van der Waals surface area (Å²) in [4.78, 5) is 4.01. The van der Waals surface area contributed by atoms with E-state index in [1.165, 1.54) is 6.39 Å². The van der Waals surface area contributed by atoms with Gasteiger partial charge in [-0.3, -0.25) is 0 Å². The highest BCUT2D eigenvalue weighted by atomic mass is 79.9. The van der Waals surface area contributed by atoms with Crippen molar-refractivity contribution < 1.29 is 4.42 Å². The number of nitrogens with zero attached hydrogens (tertiary/aromatic N) is 1. The quantitative estimate of drug-likeness (QED) is 0.738. The van der Waals surface area contributed by atoms with Gasteiger partial charge in [-0.1, -0.05) is 15.9 Å². The third kappa shape index (κ3) is 1.20. The molecule has 0 aliphatic rings. The number of rotatable bonds is 0. The zero-order valence-electron chi connectivity index (χ0n) is 5.34. The number of halogens is 2. The van der Waals surface area contributed by atoms with Crippen LogP contribution in [0.4, 0.5) is 0 Å². The second-order valence-electron chi connectivity index (χ2n) is 2.09. The van der Waals surface area contributed by atoms with Gasteiger partial charge in [0.2, 0.25) is 0 Å². The maximum Gasteiger partial charge on any atom is 0.182 e. The van der Waals surface area contributed by atoms with Crippen LogP contribution in [0, 0.1) is 0 Å². The summed E-state index contributed by atoms with van der Waals surface area (Å²) in [6.07, 6.45) is 1.43. The predicted octanol–water partition coefficient (Wildman–Crippen LogP) is 3.35. The van der Waals surface area contributed by atoms with Crippen molar-refractivity contribution >= 4 is 43.0 Å². The lowest BCUT2D eigenvalue weighted by Crippen LogP contribution is -1.70. The second-order valence-corrected chi connectivity index (χ2v) is 3.86. The van der Waals surface area contributed by atoms with E-state index in [1.54, 1.807) is 0 Å². The zero-order valence-corrected chi connectivity index (χ0v) is 8.52. The van der Waals surface area contributed by atoms with Gasteiger partial charge in [-0.05, 0) is 28.1 Å². The lowest BCUT2D eigenvalue weighted by molar-refractivity contribution is 0.600. The number of hydrogen-bond acceptors (Lipinski definition) is 2. The number of oxazole rings is 1. The molecule has 0 unspecified atom stereocenters. The van der Waals surface area contributed by atoms with Crippen molar-refractivity contribution in [3.05, 3.63) is 27.5 Å². The molecule has 0 aliphatic carbocycles. The Labute approximate surface area is 79.9 Å². The first kappa shape index (κ1) is 7.31. The van der Waals surface area contributed by atoms with Crippen LogP contribution in [-0.2, 0) is 0 Å². The van der Waals surface area contributed by atoms with Crippen molar-refractivity contribution in [2.45, 2.75) is 0 Å². The Morgan fingerprint density at radius 2 is 2.09 bits per heavy atom. The normalized spacial score (nSPS) is 10.7. The maximum atomic E-state index is 5.12. The largest absolute Gasteiger partial charge is 0.442 e. The standard InChI is InChI=1S/C7H3Br2NO/c8-4-1-5(9)7-6(2-4)10-3-11-7/h1-3H. The molecular formula is C7H3Br2NO. The summed E-state index contributed by atoms with van der Waals surface area (Å²) in [7, 11) is 0. The maximum absolute atomic E-state index is 5.12. The summed E-state index contributed by atoms with van der Waals surface area (Å²) in [6.45, 7) is 0. The first-order valence-corrected chi connectivity index (χ1v) is 4.54. The lowest BCUT2D eigenvalue weighted by Gasteiger charge is -1.91. The molecule has 0 saturated carbocycles. The summed E-state index contributed by atoms with van der Waals surface area (Å²) in [5.41, 5.74) is 1.64. The summed E-state index contributed by atoms with van der Waals surface area (Å²) >= 11 is 6.72. The highest BCUT2D eigenvalue weighted by Gasteiger charge is 2.03. The van der Waals surface area contributed by atoms with Crippen LogP contribution in [0.2, 0.25) is 0 Å². The monoisotopic (exact) mass is 275 g/mol. The van der Waals surface area contributed by atoms with Crippen LogP contribution >= 0.6 is 31.9 Å². The van der Waals surface area contributed by atoms with E-state index in [4.69, 9.17) is 4.42 Å². The number of fused-ring (bicyclic) bond motifs is 1. The molecule has 2 aromatic rings. The van der Waals surface area contributed by atoms with Crippen LogP contribution in [0.25, 0.3) is 11.1 Å². The molecule has 0 N–H and O–H groups in total. The first-order valence-electron chi connectivity index (χ1n) is 2.95. The van der Waals surface area contributed by atoms with Gasteiger partial charge >= 0.3 is 0 Å². The fraction of sp³-hybridized carbons (Fsp3) is 0. The van der Waals surface area contributed by atoms with Gasteiger partial charge in [0.25, 0.3) is 0 Å². The summed E-state index contributed by atoms with van der Waals surface area (Å²) in [5, 5.41) is 0. The van der Waals surface area contributed by atoms with Crippen molar-refractivity contribution in [3.8, 4) is 0 Å². The molecule has 1 aromatic carbocycles. The fourth-order valence-electron chi connectivity index (χ4n) is 0.895. The molecule has 1 heterocycles. The highest BCUT2D eigenvalue weighted by Crippen LogP contribution is 2.27. The topological polar surface area (TPSA) is 26.0 Å².